The van der Waals surface area contributed by atoms with E-state index in [1.807, 2.05) is 0 Å². The highest BCUT2D eigenvalue weighted by Gasteiger charge is 2.30. The van der Waals surface area contributed by atoms with Crippen LogP contribution in [-0.4, -0.2) is 27.9 Å². The van der Waals surface area contributed by atoms with Gasteiger partial charge < -0.3 is 10.4 Å². The van der Waals surface area contributed by atoms with E-state index < -0.39 is 22.8 Å². The third-order valence-electron chi connectivity index (χ3n) is 3.53. The number of amides is 1. The zero-order valence-corrected chi connectivity index (χ0v) is 11.5. The van der Waals surface area contributed by atoms with Gasteiger partial charge in [-0.15, -0.1) is 0 Å². The van der Waals surface area contributed by atoms with Crippen LogP contribution >= 0.6 is 0 Å². The molecule has 1 aromatic rings. The van der Waals surface area contributed by atoms with Crippen LogP contribution in [0.2, 0.25) is 0 Å². The third-order valence-corrected chi connectivity index (χ3v) is 3.53. The number of benzene rings is 1. The van der Waals surface area contributed by atoms with Gasteiger partial charge in [0.1, 0.15) is 6.04 Å². The minimum Gasteiger partial charge on any atom is -0.480 e. The van der Waals surface area contributed by atoms with Gasteiger partial charge in [-0.2, -0.15) is 0 Å². The van der Waals surface area contributed by atoms with E-state index >= 15 is 0 Å². The van der Waals surface area contributed by atoms with Gasteiger partial charge in [0.05, 0.1) is 4.92 Å². The summed E-state index contributed by atoms with van der Waals surface area (Å²) in [7, 11) is 0. The summed E-state index contributed by atoms with van der Waals surface area (Å²) in [5, 5.41) is 22.3. The largest absolute Gasteiger partial charge is 0.480 e. The van der Waals surface area contributed by atoms with E-state index in [-0.39, 0.29) is 11.3 Å². The number of nitrogens with one attached hydrogen (secondary N) is 1. The molecule has 1 aromatic carbocycles. The van der Waals surface area contributed by atoms with Crippen LogP contribution in [0.3, 0.4) is 0 Å². The summed E-state index contributed by atoms with van der Waals surface area (Å²) < 4.78 is 0. The van der Waals surface area contributed by atoms with Gasteiger partial charge in [0, 0.05) is 17.2 Å². The molecule has 112 valence electrons. The maximum absolute atomic E-state index is 12.1. The van der Waals surface area contributed by atoms with Gasteiger partial charge >= 0.3 is 5.97 Å². The first-order valence-corrected chi connectivity index (χ1v) is 6.67. The zero-order chi connectivity index (χ0) is 15.6. The number of hydrogen-bond acceptors (Lipinski definition) is 4. The lowest BCUT2D eigenvalue weighted by Gasteiger charge is -2.14. The first-order chi connectivity index (χ1) is 9.88. The van der Waals surface area contributed by atoms with E-state index in [9.17, 15) is 19.7 Å². The van der Waals surface area contributed by atoms with Crippen molar-refractivity contribution in [1.29, 1.82) is 0 Å². The first kappa shape index (κ1) is 15.0. The Labute approximate surface area is 121 Å². The van der Waals surface area contributed by atoms with Gasteiger partial charge in [0.25, 0.3) is 11.6 Å². The van der Waals surface area contributed by atoms with Crippen molar-refractivity contribution in [2.45, 2.75) is 32.2 Å². The molecule has 2 rings (SSSR count). The fourth-order valence-electron chi connectivity index (χ4n) is 2.15. The van der Waals surface area contributed by atoms with Crippen molar-refractivity contribution in [1.82, 2.24) is 5.32 Å². The van der Waals surface area contributed by atoms with Gasteiger partial charge in [0.2, 0.25) is 0 Å². The zero-order valence-electron chi connectivity index (χ0n) is 11.5. The summed E-state index contributed by atoms with van der Waals surface area (Å²) in [6.45, 7) is 1.54. The molecule has 0 radical (unpaired) electrons. The van der Waals surface area contributed by atoms with Gasteiger partial charge in [-0.3, -0.25) is 14.9 Å². The summed E-state index contributed by atoms with van der Waals surface area (Å²) >= 11 is 0. The van der Waals surface area contributed by atoms with Crippen molar-refractivity contribution in [3.05, 3.63) is 39.4 Å². The SMILES string of the molecule is Cc1cc(C(=O)NC(CC2CC2)C(=O)O)ccc1[N+](=O)[O-]. The highest BCUT2D eigenvalue weighted by Crippen LogP contribution is 2.33. The number of carboxylic acids is 1. The molecule has 1 amide bonds. The summed E-state index contributed by atoms with van der Waals surface area (Å²) in [5.74, 6) is -1.22. The molecule has 0 spiro atoms. The number of nitro groups is 1. The number of rotatable bonds is 6. The quantitative estimate of drug-likeness (QED) is 0.614. The third kappa shape index (κ3) is 3.77. The van der Waals surface area contributed by atoms with Gasteiger partial charge in [-0.25, -0.2) is 4.79 Å². The highest BCUT2D eigenvalue weighted by molar-refractivity contribution is 5.97. The lowest BCUT2D eigenvalue weighted by molar-refractivity contribution is -0.385. The number of hydrogen-bond donors (Lipinski definition) is 2. The second-order valence-electron chi connectivity index (χ2n) is 5.30. The molecule has 1 aliphatic carbocycles. The van der Waals surface area contributed by atoms with Crippen LogP contribution < -0.4 is 5.32 Å². The maximum Gasteiger partial charge on any atom is 0.326 e. The Hall–Kier alpha value is -2.44. The molecule has 0 bridgehead atoms. The number of nitro benzene ring substituents is 1. The topological polar surface area (TPSA) is 110 Å². The summed E-state index contributed by atoms with van der Waals surface area (Å²) in [6.07, 6.45) is 2.42. The molecular formula is C14H16N2O5. The molecule has 1 atom stereocenters. The van der Waals surface area contributed by atoms with Crippen LogP contribution in [0.5, 0.6) is 0 Å². The van der Waals surface area contributed by atoms with Crippen molar-refractivity contribution in [2.75, 3.05) is 0 Å². The Balaban J connectivity index is 2.09. The van der Waals surface area contributed by atoms with Crippen molar-refractivity contribution in [3.8, 4) is 0 Å². The fraction of sp³-hybridized carbons (Fsp3) is 0.429. The van der Waals surface area contributed by atoms with E-state index in [2.05, 4.69) is 5.32 Å². The molecule has 1 unspecified atom stereocenters. The Morgan fingerprint density at radius 2 is 2.14 bits per heavy atom. The van der Waals surface area contributed by atoms with E-state index in [1.165, 1.54) is 25.1 Å². The van der Waals surface area contributed by atoms with Crippen LogP contribution in [0.15, 0.2) is 18.2 Å². The monoisotopic (exact) mass is 292 g/mol. The van der Waals surface area contributed by atoms with Crippen LogP contribution in [0.1, 0.15) is 35.2 Å². The predicted octanol–water partition coefficient (Wildman–Crippen LogP) is 1.89. The van der Waals surface area contributed by atoms with Gasteiger partial charge in [-0.05, 0) is 31.4 Å². The second kappa shape index (κ2) is 5.90. The molecule has 0 heterocycles. The minimum absolute atomic E-state index is 0.0701. The molecule has 0 saturated heterocycles. The normalized spacial score (nSPS) is 15.3. The van der Waals surface area contributed by atoms with Gasteiger partial charge in [0.15, 0.2) is 0 Å². The van der Waals surface area contributed by atoms with E-state index in [4.69, 9.17) is 5.11 Å². The molecule has 1 saturated carbocycles. The standard InChI is InChI=1S/C14H16N2O5/c1-8-6-10(4-5-12(8)16(20)21)13(17)15-11(14(18)19)7-9-2-3-9/h4-6,9,11H,2-3,7H2,1H3,(H,15,17)(H,18,19). The molecule has 1 fully saturated rings. The lowest BCUT2D eigenvalue weighted by Crippen LogP contribution is -2.41. The van der Waals surface area contributed by atoms with E-state index in [1.54, 1.807) is 0 Å². The van der Waals surface area contributed by atoms with Crippen molar-refractivity contribution in [3.63, 3.8) is 0 Å². The number of carbonyl (C=O) groups is 2. The minimum atomic E-state index is -1.06. The Morgan fingerprint density at radius 3 is 2.62 bits per heavy atom. The Bertz CT molecular complexity index is 595. The summed E-state index contributed by atoms with van der Waals surface area (Å²) in [6, 6.07) is 3.06. The molecule has 1 aliphatic rings. The van der Waals surface area contributed by atoms with E-state index in [0.717, 1.165) is 12.8 Å². The first-order valence-electron chi connectivity index (χ1n) is 6.67. The van der Waals surface area contributed by atoms with Crippen molar-refractivity contribution >= 4 is 17.6 Å². The van der Waals surface area contributed by atoms with Crippen molar-refractivity contribution in [2.24, 2.45) is 5.92 Å². The average Bonchev–Trinajstić information content (AvgIpc) is 3.21. The van der Waals surface area contributed by atoms with Crippen LogP contribution in [0.25, 0.3) is 0 Å². The molecular weight excluding hydrogens is 276 g/mol. The number of aliphatic carboxylic acids is 1. The molecule has 7 nitrogen and oxygen atoms in total. The van der Waals surface area contributed by atoms with Crippen LogP contribution in [0.4, 0.5) is 5.69 Å². The predicted molar refractivity (Wildman–Crippen MR) is 74.1 cm³/mol. The van der Waals surface area contributed by atoms with Crippen LogP contribution in [0, 0.1) is 23.0 Å². The molecule has 2 N–H and O–H groups in total. The second-order valence-corrected chi connectivity index (χ2v) is 5.30. The lowest BCUT2D eigenvalue weighted by atomic mass is 10.1. The Morgan fingerprint density at radius 1 is 1.48 bits per heavy atom. The molecule has 0 aliphatic heterocycles. The molecule has 21 heavy (non-hydrogen) atoms. The van der Waals surface area contributed by atoms with E-state index in [0.29, 0.717) is 17.9 Å². The van der Waals surface area contributed by atoms with Crippen molar-refractivity contribution < 1.29 is 19.6 Å². The maximum atomic E-state index is 12.1. The van der Waals surface area contributed by atoms with Crippen LogP contribution in [-0.2, 0) is 4.79 Å². The molecule has 7 heteroatoms. The van der Waals surface area contributed by atoms with Gasteiger partial charge in [-0.1, -0.05) is 12.8 Å². The smallest absolute Gasteiger partial charge is 0.326 e. The fourth-order valence-corrected chi connectivity index (χ4v) is 2.15. The average molecular weight is 292 g/mol. The highest BCUT2D eigenvalue weighted by atomic mass is 16.6. The summed E-state index contributed by atoms with van der Waals surface area (Å²) in [5.41, 5.74) is 0.515. The number of carboxylic acid groups (broad SMARTS) is 1. The Kier molecular flexibility index (Phi) is 4.21. The number of aryl methyl sites for hydroxylation is 1. The number of nitrogens with zero attached hydrogens (tertiary/aromatic N) is 1. The summed E-state index contributed by atoms with van der Waals surface area (Å²) in [4.78, 5) is 33.4. The molecule has 0 aromatic heterocycles. The number of carbonyl (C=O) groups excluding carboxylic acids is 1.